The molecule has 7 heteroatoms. The average Bonchev–Trinajstić information content (AvgIpc) is 2.23. The second kappa shape index (κ2) is 6.25. The van der Waals surface area contributed by atoms with Crippen LogP contribution in [0.15, 0.2) is 0 Å². The Hall–Kier alpha value is -0.280. The Labute approximate surface area is 80.5 Å². The third kappa shape index (κ3) is 3.46. The van der Waals surface area contributed by atoms with E-state index in [0.29, 0.717) is 0 Å². The van der Waals surface area contributed by atoms with E-state index in [9.17, 15) is 0 Å². The first-order valence-corrected chi connectivity index (χ1v) is 4.07. The number of hydrogen-bond donors (Lipinski definition) is 7. The quantitative estimate of drug-likeness (QED) is 0.236. The lowest BCUT2D eigenvalue weighted by Gasteiger charge is -2.27. The molecule has 7 nitrogen and oxygen atoms in total. The van der Waals surface area contributed by atoms with Crippen molar-refractivity contribution in [3.05, 3.63) is 0 Å². The predicted octanol–water partition coefficient (Wildman–Crippen LogP) is -4.22. The molecule has 0 aliphatic rings. The van der Waals surface area contributed by atoms with Crippen molar-refractivity contribution in [1.29, 1.82) is 0 Å². The molecule has 0 heterocycles. The molecule has 0 radical (unpaired) electrons. The van der Waals surface area contributed by atoms with E-state index < -0.39 is 43.7 Å². The molecule has 86 valence electrons. The van der Waals surface area contributed by atoms with Crippen LogP contribution in [0.1, 0.15) is 0 Å². The van der Waals surface area contributed by atoms with Gasteiger partial charge in [0.05, 0.1) is 13.2 Å². The Bertz CT molecular complexity index is 137. The summed E-state index contributed by atoms with van der Waals surface area (Å²) >= 11 is 0. The number of hydrogen-bond acceptors (Lipinski definition) is 7. The maximum atomic E-state index is 9.15. The summed E-state index contributed by atoms with van der Waals surface area (Å²) in [4.78, 5) is 0. The topological polar surface area (TPSA) is 142 Å². The summed E-state index contributed by atoms with van der Waals surface area (Å²) in [6.07, 6.45) is -8.68. The molecule has 0 aromatic rings. The van der Waals surface area contributed by atoms with Crippen LogP contribution in [0.25, 0.3) is 0 Å². The van der Waals surface area contributed by atoms with Gasteiger partial charge >= 0.3 is 0 Å². The SMILES string of the molecule is OCC(O)[C@@H](O)[C@H](O)[C@H](O)[C@@H](O)CO. The van der Waals surface area contributed by atoms with Gasteiger partial charge in [-0.2, -0.15) is 0 Å². The van der Waals surface area contributed by atoms with Gasteiger partial charge in [0, 0.05) is 0 Å². The first-order valence-electron chi connectivity index (χ1n) is 4.07. The maximum absolute atomic E-state index is 9.15. The monoisotopic (exact) mass is 212 g/mol. The summed E-state index contributed by atoms with van der Waals surface area (Å²) in [6, 6.07) is 0. The van der Waals surface area contributed by atoms with Gasteiger partial charge in [-0.3, -0.25) is 0 Å². The summed E-state index contributed by atoms with van der Waals surface area (Å²) in [5.74, 6) is 0. The van der Waals surface area contributed by atoms with Crippen LogP contribution in [0.5, 0.6) is 0 Å². The Morgan fingerprint density at radius 3 is 1.07 bits per heavy atom. The first-order chi connectivity index (χ1) is 6.45. The molecule has 0 aromatic heterocycles. The average molecular weight is 212 g/mol. The van der Waals surface area contributed by atoms with Gasteiger partial charge in [-0.1, -0.05) is 0 Å². The van der Waals surface area contributed by atoms with Gasteiger partial charge in [-0.15, -0.1) is 0 Å². The van der Waals surface area contributed by atoms with Crippen molar-refractivity contribution in [2.75, 3.05) is 13.2 Å². The van der Waals surface area contributed by atoms with E-state index in [0.717, 1.165) is 0 Å². The van der Waals surface area contributed by atoms with E-state index in [4.69, 9.17) is 35.7 Å². The summed E-state index contributed by atoms with van der Waals surface area (Å²) in [5, 5.41) is 61.9. The molecule has 1 unspecified atom stereocenters. The van der Waals surface area contributed by atoms with Crippen LogP contribution >= 0.6 is 0 Å². The van der Waals surface area contributed by atoms with Crippen molar-refractivity contribution < 1.29 is 35.7 Å². The second-order valence-electron chi connectivity index (χ2n) is 2.97. The lowest BCUT2D eigenvalue weighted by atomic mass is 10.00. The molecular weight excluding hydrogens is 196 g/mol. The smallest absolute Gasteiger partial charge is 0.111 e. The molecular formula is C7H16O7. The maximum Gasteiger partial charge on any atom is 0.111 e. The molecule has 0 rings (SSSR count). The van der Waals surface area contributed by atoms with E-state index in [1.807, 2.05) is 0 Å². The molecule has 14 heavy (non-hydrogen) atoms. The van der Waals surface area contributed by atoms with Gasteiger partial charge in [0.15, 0.2) is 0 Å². The summed E-state index contributed by atoms with van der Waals surface area (Å²) < 4.78 is 0. The van der Waals surface area contributed by atoms with Gasteiger partial charge in [0.25, 0.3) is 0 Å². The summed E-state index contributed by atoms with van der Waals surface area (Å²) in [7, 11) is 0. The summed E-state index contributed by atoms with van der Waals surface area (Å²) in [6.45, 7) is -1.58. The molecule has 0 saturated heterocycles. The molecule has 0 bridgehead atoms. The van der Waals surface area contributed by atoms with Crippen LogP contribution in [0, 0.1) is 0 Å². The van der Waals surface area contributed by atoms with Gasteiger partial charge in [-0.05, 0) is 0 Å². The zero-order valence-electron chi connectivity index (χ0n) is 7.43. The lowest BCUT2D eigenvalue weighted by molar-refractivity contribution is -0.145. The van der Waals surface area contributed by atoms with Crippen molar-refractivity contribution in [3.8, 4) is 0 Å². The molecule has 0 spiro atoms. The van der Waals surface area contributed by atoms with Gasteiger partial charge in [0.2, 0.25) is 0 Å². The van der Waals surface area contributed by atoms with Crippen LogP contribution in [0.2, 0.25) is 0 Å². The van der Waals surface area contributed by atoms with Crippen LogP contribution < -0.4 is 0 Å². The van der Waals surface area contributed by atoms with Crippen molar-refractivity contribution in [3.63, 3.8) is 0 Å². The normalized spacial score (nSPS) is 22.5. The van der Waals surface area contributed by atoms with E-state index in [2.05, 4.69) is 0 Å². The molecule has 0 aliphatic carbocycles. The highest BCUT2D eigenvalue weighted by Crippen LogP contribution is 2.07. The molecule has 7 N–H and O–H groups in total. The number of aliphatic hydroxyl groups is 7. The second-order valence-corrected chi connectivity index (χ2v) is 2.97. The molecule has 0 fully saturated rings. The molecule has 0 aliphatic heterocycles. The fraction of sp³-hybridized carbons (Fsp3) is 1.00. The molecule has 0 aromatic carbocycles. The minimum atomic E-state index is -1.85. The molecule has 5 atom stereocenters. The van der Waals surface area contributed by atoms with Crippen molar-refractivity contribution in [2.24, 2.45) is 0 Å². The van der Waals surface area contributed by atoms with Gasteiger partial charge in [-0.25, -0.2) is 0 Å². The third-order valence-electron chi connectivity index (χ3n) is 1.86. The molecule has 0 saturated carbocycles. The summed E-state index contributed by atoms with van der Waals surface area (Å²) in [5.41, 5.74) is 0. The standard InChI is InChI=1S/C7H16O7/c8-1-3(10)5(12)7(14)6(13)4(11)2-9/h3-14H,1-2H2/t3-,4?,5+,6+,7+/m0/s1. The zero-order valence-corrected chi connectivity index (χ0v) is 7.43. The minimum Gasteiger partial charge on any atom is -0.394 e. The van der Waals surface area contributed by atoms with Crippen LogP contribution in [-0.4, -0.2) is 79.5 Å². The van der Waals surface area contributed by atoms with E-state index in [1.165, 1.54) is 0 Å². The Morgan fingerprint density at radius 2 is 0.857 bits per heavy atom. The Morgan fingerprint density at radius 1 is 0.571 bits per heavy atom. The minimum absolute atomic E-state index is 0.792. The first kappa shape index (κ1) is 13.7. The molecule has 0 amide bonds. The van der Waals surface area contributed by atoms with E-state index in [1.54, 1.807) is 0 Å². The fourth-order valence-electron chi connectivity index (χ4n) is 0.873. The largest absolute Gasteiger partial charge is 0.394 e. The van der Waals surface area contributed by atoms with Crippen molar-refractivity contribution in [2.45, 2.75) is 30.5 Å². The Balaban J connectivity index is 4.22. The third-order valence-corrected chi connectivity index (χ3v) is 1.86. The highest BCUT2D eigenvalue weighted by Gasteiger charge is 2.33. The van der Waals surface area contributed by atoms with Crippen LogP contribution in [0.3, 0.4) is 0 Å². The zero-order chi connectivity index (χ0) is 11.3. The lowest BCUT2D eigenvalue weighted by Crippen LogP contribution is -2.50. The van der Waals surface area contributed by atoms with E-state index in [-0.39, 0.29) is 0 Å². The van der Waals surface area contributed by atoms with Gasteiger partial charge < -0.3 is 35.7 Å². The number of aliphatic hydroxyl groups excluding tert-OH is 7. The highest BCUT2D eigenvalue weighted by molar-refractivity contribution is 4.84. The Kier molecular flexibility index (Phi) is 6.12. The highest BCUT2D eigenvalue weighted by atomic mass is 16.4. The van der Waals surface area contributed by atoms with Crippen molar-refractivity contribution in [1.82, 2.24) is 0 Å². The van der Waals surface area contributed by atoms with E-state index >= 15 is 0 Å². The van der Waals surface area contributed by atoms with Gasteiger partial charge in [0.1, 0.15) is 30.5 Å². The predicted molar refractivity (Wildman–Crippen MR) is 44.2 cm³/mol. The van der Waals surface area contributed by atoms with Crippen LogP contribution in [-0.2, 0) is 0 Å². The fourth-order valence-corrected chi connectivity index (χ4v) is 0.873. The number of rotatable bonds is 6. The van der Waals surface area contributed by atoms with Crippen molar-refractivity contribution >= 4 is 0 Å². The van der Waals surface area contributed by atoms with Crippen LogP contribution in [0.4, 0.5) is 0 Å².